The van der Waals surface area contributed by atoms with Crippen molar-refractivity contribution >= 4 is 22.2 Å². The maximum atomic E-state index is 12.1. The van der Waals surface area contributed by atoms with E-state index in [1.165, 1.54) is 0 Å². The van der Waals surface area contributed by atoms with E-state index in [-0.39, 0.29) is 24.3 Å². The number of carbonyl (C=O) groups excluding carboxylic acids is 1. The number of carbonyl (C=O) groups is 1. The molecule has 3 nitrogen and oxygen atoms in total. The summed E-state index contributed by atoms with van der Waals surface area (Å²) in [4.78, 5) is 13.8. The van der Waals surface area contributed by atoms with Gasteiger partial charge in [-0.1, -0.05) is 13.8 Å². The summed E-state index contributed by atoms with van der Waals surface area (Å²) in [5, 5.41) is 12.2. The molecule has 1 aromatic heterocycles. The van der Waals surface area contributed by atoms with Gasteiger partial charge in [-0.25, -0.2) is 0 Å². The first-order chi connectivity index (χ1) is 7.49. The van der Waals surface area contributed by atoms with E-state index in [9.17, 15) is 9.90 Å². The van der Waals surface area contributed by atoms with Crippen LogP contribution in [0.25, 0.3) is 0 Å². The summed E-state index contributed by atoms with van der Waals surface area (Å²) < 4.78 is 0. The van der Waals surface area contributed by atoms with Gasteiger partial charge in [0.1, 0.15) is 5.00 Å². The predicted octanol–water partition coefficient (Wildman–Crippen LogP) is 2.28. The molecule has 0 saturated carbocycles. The van der Waals surface area contributed by atoms with E-state index in [0.717, 1.165) is 10.6 Å². The molecule has 0 bridgehead atoms. The van der Waals surface area contributed by atoms with Crippen LogP contribution in [-0.4, -0.2) is 24.7 Å². The van der Waals surface area contributed by atoms with Gasteiger partial charge in [0, 0.05) is 7.05 Å². The Labute approximate surface area is 101 Å². The zero-order valence-corrected chi connectivity index (χ0v) is 11.0. The number of anilines is 1. The number of aryl methyl sites for hydroxylation is 1. The third-order valence-electron chi connectivity index (χ3n) is 2.79. The average molecular weight is 241 g/mol. The second-order valence-corrected chi connectivity index (χ2v) is 5.23. The molecule has 0 saturated heterocycles. The van der Waals surface area contributed by atoms with Gasteiger partial charge in [-0.05, 0) is 29.9 Å². The van der Waals surface area contributed by atoms with Crippen molar-refractivity contribution in [3.05, 3.63) is 17.0 Å². The van der Waals surface area contributed by atoms with Crippen molar-refractivity contribution in [1.82, 2.24) is 0 Å². The lowest BCUT2D eigenvalue weighted by molar-refractivity contribution is -0.124. The molecule has 4 heteroatoms. The number of aliphatic hydroxyl groups excluding tert-OH is 1. The van der Waals surface area contributed by atoms with Crippen LogP contribution in [-0.2, 0) is 4.79 Å². The fourth-order valence-electron chi connectivity index (χ4n) is 1.63. The molecule has 0 aliphatic carbocycles. The molecule has 1 unspecified atom stereocenters. The van der Waals surface area contributed by atoms with Gasteiger partial charge in [-0.15, -0.1) is 11.3 Å². The highest BCUT2D eigenvalue weighted by atomic mass is 32.1. The highest BCUT2D eigenvalue weighted by Gasteiger charge is 2.26. The van der Waals surface area contributed by atoms with Crippen LogP contribution in [0.4, 0.5) is 5.00 Å². The zero-order chi connectivity index (χ0) is 12.3. The van der Waals surface area contributed by atoms with Crippen molar-refractivity contribution < 1.29 is 9.90 Å². The van der Waals surface area contributed by atoms with Crippen LogP contribution in [0.2, 0.25) is 0 Å². The van der Waals surface area contributed by atoms with Crippen molar-refractivity contribution in [3.63, 3.8) is 0 Å². The molecule has 0 aromatic carbocycles. The summed E-state index contributed by atoms with van der Waals surface area (Å²) in [6, 6.07) is 1.99. The minimum atomic E-state index is -0.313. The van der Waals surface area contributed by atoms with E-state index in [0.29, 0.717) is 0 Å². The third-order valence-corrected chi connectivity index (χ3v) is 3.88. The minimum absolute atomic E-state index is 0.0111. The second kappa shape index (κ2) is 5.46. The summed E-state index contributed by atoms with van der Waals surface area (Å²) in [5.41, 5.74) is 1.10. The summed E-state index contributed by atoms with van der Waals surface area (Å²) in [6.45, 7) is 5.80. The van der Waals surface area contributed by atoms with Crippen LogP contribution < -0.4 is 4.90 Å². The summed E-state index contributed by atoms with van der Waals surface area (Å²) >= 11 is 1.55. The minimum Gasteiger partial charge on any atom is -0.396 e. The van der Waals surface area contributed by atoms with Crippen molar-refractivity contribution in [2.75, 3.05) is 18.6 Å². The standard InChI is InChI=1S/C12H19NO2S/c1-8(2)10(7-14)11(15)13(4)12-9(3)5-6-16-12/h5-6,8,10,14H,7H2,1-4H3. The van der Waals surface area contributed by atoms with E-state index >= 15 is 0 Å². The number of thiophene rings is 1. The fourth-order valence-corrected chi connectivity index (χ4v) is 2.53. The first-order valence-corrected chi connectivity index (χ1v) is 6.29. The molecule has 0 aliphatic heterocycles. The van der Waals surface area contributed by atoms with Gasteiger partial charge < -0.3 is 10.0 Å². The Morgan fingerprint density at radius 2 is 2.19 bits per heavy atom. The van der Waals surface area contributed by atoms with E-state index in [2.05, 4.69) is 0 Å². The number of aliphatic hydroxyl groups is 1. The first-order valence-electron chi connectivity index (χ1n) is 5.41. The molecule has 90 valence electrons. The van der Waals surface area contributed by atoms with Gasteiger partial charge in [0.15, 0.2) is 0 Å². The molecular weight excluding hydrogens is 222 g/mol. The lowest BCUT2D eigenvalue weighted by atomic mass is 9.95. The molecular formula is C12H19NO2S. The number of hydrogen-bond acceptors (Lipinski definition) is 3. The molecule has 1 amide bonds. The van der Waals surface area contributed by atoms with Gasteiger partial charge in [-0.2, -0.15) is 0 Å². The smallest absolute Gasteiger partial charge is 0.233 e. The van der Waals surface area contributed by atoms with E-state index < -0.39 is 0 Å². The average Bonchev–Trinajstić information content (AvgIpc) is 2.63. The number of rotatable bonds is 4. The van der Waals surface area contributed by atoms with E-state index in [1.807, 2.05) is 32.2 Å². The van der Waals surface area contributed by atoms with E-state index in [4.69, 9.17) is 0 Å². The second-order valence-electron chi connectivity index (χ2n) is 4.34. The summed E-state index contributed by atoms with van der Waals surface area (Å²) in [6.07, 6.45) is 0. The molecule has 0 radical (unpaired) electrons. The Kier molecular flexibility index (Phi) is 4.50. The summed E-state index contributed by atoms with van der Waals surface area (Å²) in [7, 11) is 1.77. The highest BCUT2D eigenvalue weighted by molar-refractivity contribution is 7.14. The number of nitrogens with zero attached hydrogens (tertiary/aromatic N) is 1. The maximum Gasteiger partial charge on any atom is 0.233 e. The molecule has 1 atom stereocenters. The van der Waals surface area contributed by atoms with Gasteiger partial charge in [0.25, 0.3) is 0 Å². The first kappa shape index (κ1) is 13.2. The normalized spacial score (nSPS) is 12.9. The Bertz CT molecular complexity index is 360. The van der Waals surface area contributed by atoms with Crippen LogP contribution in [0, 0.1) is 18.8 Å². The van der Waals surface area contributed by atoms with Gasteiger partial charge in [0.05, 0.1) is 12.5 Å². The Morgan fingerprint density at radius 1 is 1.56 bits per heavy atom. The quantitative estimate of drug-likeness (QED) is 0.878. The van der Waals surface area contributed by atoms with Crippen LogP contribution in [0.1, 0.15) is 19.4 Å². The monoisotopic (exact) mass is 241 g/mol. The molecule has 1 N–H and O–H groups in total. The Hall–Kier alpha value is -0.870. The Morgan fingerprint density at radius 3 is 2.56 bits per heavy atom. The van der Waals surface area contributed by atoms with Crippen LogP contribution in [0.5, 0.6) is 0 Å². The number of hydrogen-bond donors (Lipinski definition) is 1. The molecule has 1 rings (SSSR count). The zero-order valence-electron chi connectivity index (χ0n) is 10.2. The fraction of sp³-hybridized carbons (Fsp3) is 0.583. The third kappa shape index (κ3) is 2.62. The summed E-state index contributed by atoms with van der Waals surface area (Å²) in [5.74, 6) is -0.172. The Balaban J connectivity index is 2.85. The lowest BCUT2D eigenvalue weighted by Gasteiger charge is -2.24. The largest absolute Gasteiger partial charge is 0.396 e. The van der Waals surface area contributed by atoms with Crippen LogP contribution in [0.15, 0.2) is 11.4 Å². The molecule has 1 aromatic rings. The van der Waals surface area contributed by atoms with Crippen molar-refractivity contribution in [3.8, 4) is 0 Å². The van der Waals surface area contributed by atoms with Crippen LogP contribution >= 0.6 is 11.3 Å². The SMILES string of the molecule is Cc1ccsc1N(C)C(=O)C(CO)C(C)C. The molecule has 0 aliphatic rings. The van der Waals surface area contributed by atoms with Crippen LogP contribution in [0.3, 0.4) is 0 Å². The topological polar surface area (TPSA) is 40.5 Å². The van der Waals surface area contributed by atoms with Crippen molar-refractivity contribution in [1.29, 1.82) is 0 Å². The van der Waals surface area contributed by atoms with Gasteiger partial charge >= 0.3 is 0 Å². The molecule has 1 heterocycles. The van der Waals surface area contributed by atoms with E-state index in [1.54, 1.807) is 23.3 Å². The lowest BCUT2D eigenvalue weighted by Crippen LogP contribution is -2.37. The molecule has 16 heavy (non-hydrogen) atoms. The van der Waals surface area contributed by atoms with Crippen molar-refractivity contribution in [2.45, 2.75) is 20.8 Å². The molecule has 0 fully saturated rings. The predicted molar refractivity (Wildman–Crippen MR) is 67.9 cm³/mol. The van der Waals surface area contributed by atoms with Crippen molar-refractivity contribution in [2.24, 2.45) is 11.8 Å². The maximum absolute atomic E-state index is 12.1. The molecule has 0 spiro atoms. The number of amides is 1. The van der Waals surface area contributed by atoms with Gasteiger partial charge in [0.2, 0.25) is 5.91 Å². The highest BCUT2D eigenvalue weighted by Crippen LogP contribution is 2.27. The van der Waals surface area contributed by atoms with Gasteiger partial charge in [-0.3, -0.25) is 4.79 Å².